The molecule has 2 saturated heterocycles. The molecule has 2 heterocycles. The molecule has 0 N–H and O–H groups in total. The van der Waals surface area contributed by atoms with Crippen LogP contribution in [-0.4, -0.2) is 49.1 Å². The molecule has 0 aromatic carbocycles. The maximum absolute atomic E-state index is 8.69. The third kappa shape index (κ3) is 4.49. The van der Waals surface area contributed by atoms with Crippen molar-refractivity contribution >= 4 is 0 Å². The van der Waals surface area contributed by atoms with Gasteiger partial charge in [0.15, 0.2) is 0 Å². The second kappa shape index (κ2) is 7.48. The van der Waals surface area contributed by atoms with Gasteiger partial charge in [-0.05, 0) is 70.1 Å². The molecule has 2 rings (SSSR count). The van der Waals surface area contributed by atoms with Crippen LogP contribution in [-0.2, 0) is 0 Å². The molecule has 4 heteroatoms. The van der Waals surface area contributed by atoms with E-state index in [2.05, 4.69) is 21.9 Å². The summed E-state index contributed by atoms with van der Waals surface area (Å²) in [6.45, 7) is 5.60. The Labute approximate surface area is 116 Å². The maximum atomic E-state index is 8.69. The first-order chi connectivity index (χ1) is 9.31. The zero-order valence-corrected chi connectivity index (χ0v) is 11.7. The lowest BCUT2D eigenvalue weighted by molar-refractivity contribution is 0.145. The monoisotopic (exact) mass is 260 g/mol. The first-order valence-electron chi connectivity index (χ1n) is 7.50. The highest BCUT2D eigenvalue weighted by molar-refractivity contribution is 4.84. The van der Waals surface area contributed by atoms with Gasteiger partial charge in [0.2, 0.25) is 0 Å². The Bertz CT molecular complexity index is 304. The van der Waals surface area contributed by atoms with Crippen molar-refractivity contribution in [3.63, 3.8) is 0 Å². The Hall–Kier alpha value is -1.10. The second-order valence-electron chi connectivity index (χ2n) is 5.99. The average Bonchev–Trinajstić information content (AvgIpc) is 2.44. The summed E-state index contributed by atoms with van der Waals surface area (Å²) >= 11 is 0. The van der Waals surface area contributed by atoms with Crippen LogP contribution in [0.25, 0.3) is 0 Å². The van der Waals surface area contributed by atoms with Crippen molar-refractivity contribution in [2.45, 2.75) is 32.1 Å². The van der Waals surface area contributed by atoms with Crippen molar-refractivity contribution in [1.29, 1.82) is 10.5 Å². The molecule has 0 amide bonds. The highest BCUT2D eigenvalue weighted by Gasteiger charge is 2.25. The summed E-state index contributed by atoms with van der Waals surface area (Å²) in [6.07, 6.45) is 6.42. The standard InChI is InChI=1S/C15H24N4/c16-5-11-18-7-1-14(2-8-18)13-15-3-9-19(10-4-15)12-6-17/h14-15H,1-4,7-13H2. The Kier molecular flexibility index (Phi) is 5.63. The smallest absolute Gasteiger partial charge is 0.0865 e. The van der Waals surface area contributed by atoms with E-state index in [0.29, 0.717) is 13.1 Å². The lowest BCUT2D eigenvalue weighted by atomic mass is 9.83. The Balaban J connectivity index is 1.64. The zero-order chi connectivity index (χ0) is 13.5. The molecule has 0 unspecified atom stereocenters. The van der Waals surface area contributed by atoms with Crippen molar-refractivity contribution < 1.29 is 0 Å². The molecule has 4 nitrogen and oxygen atoms in total. The SMILES string of the molecule is N#CCN1CCC(CC2CCN(CC#N)CC2)CC1. The fourth-order valence-electron chi connectivity index (χ4n) is 3.43. The number of piperidine rings is 2. The van der Waals surface area contributed by atoms with Gasteiger partial charge < -0.3 is 0 Å². The highest BCUT2D eigenvalue weighted by atomic mass is 15.1. The van der Waals surface area contributed by atoms with Crippen molar-refractivity contribution in [3.8, 4) is 12.1 Å². The van der Waals surface area contributed by atoms with Crippen LogP contribution in [0, 0.1) is 34.5 Å². The molecule has 0 aliphatic carbocycles. The molecular weight excluding hydrogens is 236 g/mol. The summed E-state index contributed by atoms with van der Waals surface area (Å²) in [5.74, 6) is 1.73. The number of rotatable bonds is 4. The predicted molar refractivity (Wildman–Crippen MR) is 74.2 cm³/mol. The molecule has 0 atom stereocenters. The van der Waals surface area contributed by atoms with Crippen LogP contribution in [0.4, 0.5) is 0 Å². The quantitative estimate of drug-likeness (QED) is 0.724. The van der Waals surface area contributed by atoms with E-state index in [9.17, 15) is 0 Å². The number of hydrogen-bond acceptors (Lipinski definition) is 4. The van der Waals surface area contributed by atoms with Gasteiger partial charge in [-0.3, -0.25) is 9.80 Å². The van der Waals surface area contributed by atoms with Gasteiger partial charge in [-0.1, -0.05) is 0 Å². The van der Waals surface area contributed by atoms with Crippen LogP contribution in [0.1, 0.15) is 32.1 Å². The van der Waals surface area contributed by atoms with Gasteiger partial charge in [0.1, 0.15) is 0 Å². The Morgan fingerprint density at radius 3 is 1.42 bits per heavy atom. The van der Waals surface area contributed by atoms with E-state index in [0.717, 1.165) is 38.0 Å². The van der Waals surface area contributed by atoms with Crippen molar-refractivity contribution in [2.24, 2.45) is 11.8 Å². The molecule has 2 fully saturated rings. The lowest BCUT2D eigenvalue weighted by Crippen LogP contribution is -2.37. The molecule has 0 spiro atoms. The van der Waals surface area contributed by atoms with Gasteiger partial charge in [0.05, 0.1) is 25.2 Å². The first kappa shape index (κ1) is 14.3. The fraction of sp³-hybridized carbons (Fsp3) is 0.867. The molecule has 0 saturated carbocycles. The van der Waals surface area contributed by atoms with Crippen molar-refractivity contribution in [1.82, 2.24) is 9.80 Å². The van der Waals surface area contributed by atoms with E-state index >= 15 is 0 Å². The molecule has 2 aliphatic heterocycles. The van der Waals surface area contributed by atoms with Gasteiger partial charge in [-0.25, -0.2) is 0 Å². The minimum Gasteiger partial charge on any atom is -0.291 e. The van der Waals surface area contributed by atoms with E-state index < -0.39 is 0 Å². The highest BCUT2D eigenvalue weighted by Crippen LogP contribution is 2.29. The third-order valence-electron chi connectivity index (χ3n) is 4.67. The number of nitrogens with zero attached hydrogens (tertiary/aromatic N) is 4. The maximum Gasteiger partial charge on any atom is 0.0865 e. The van der Waals surface area contributed by atoms with Gasteiger partial charge in [-0.15, -0.1) is 0 Å². The second-order valence-corrected chi connectivity index (χ2v) is 5.99. The topological polar surface area (TPSA) is 54.1 Å². The van der Waals surface area contributed by atoms with E-state index in [1.54, 1.807) is 0 Å². The van der Waals surface area contributed by atoms with E-state index in [1.807, 2.05) is 0 Å². The van der Waals surface area contributed by atoms with Crippen LogP contribution in [0.5, 0.6) is 0 Å². The minimum atomic E-state index is 0.596. The van der Waals surface area contributed by atoms with Crippen LogP contribution < -0.4 is 0 Å². The molecule has 0 radical (unpaired) electrons. The predicted octanol–water partition coefficient (Wildman–Crippen LogP) is 1.85. The third-order valence-corrected chi connectivity index (χ3v) is 4.67. The summed E-state index contributed by atoms with van der Waals surface area (Å²) in [5, 5.41) is 17.4. The molecule has 104 valence electrons. The van der Waals surface area contributed by atoms with Gasteiger partial charge in [0.25, 0.3) is 0 Å². The summed E-state index contributed by atoms with van der Waals surface area (Å²) in [4.78, 5) is 4.54. The molecule has 19 heavy (non-hydrogen) atoms. The van der Waals surface area contributed by atoms with Crippen LogP contribution in [0.3, 0.4) is 0 Å². The normalized spacial score (nSPS) is 23.9. The van der Waals surface area contributed by atoms with Crippen molar-refractivity contribution in [3.05, 3.63) is 0 Å². The van der Waals surface area contributed by atoms with Crippen LogP contribution in [0.15, 0.2) is 0 Å². The van der Waals surface area contributed by atoms with Crippen molar-refractivity contribution in [2.75, 3.05) is 39.3 Å². The average molecular weight is 260 g/mol. The van der Waals surface area contributed by atoms with Crippen LogP contribution in [0.2, 0.25) is 0 Å². The fourth-order valence-corrected chi connectivity index (χ4v) is 3.43. The van der Waals surface area contributed by atoms with Gasteiger partial charge in [-0.2, -0.15) is 10.5 Å². The van der Waals surface area contributed by atoms with E-state index in [-0.39, 0.29) is 0 Å². The summed E-state index contributed by atoms with van der Waals surface area (Å²) in [5.41, 5.74) is 0. The summed E-state index contributed by atoms with van der Waals surface area (Å²) in [6, 6.07) is 4.49. The number of likely N-dealkylation sites (tertiary alicyclic amines) is 2. The molecule has 2 aliphatic rings. The molecule has 0 aromatic rings. The summed E-state index contributed by atoms with van der Waals surface area (Å²) in [7, 11) is 0. The number of nitriles is 2. The lowest BCUT2D eigenvalue weighted by Gasteiger charge is -2.35. The van der Waals surface area contributed by atoms with E-state index in [4.69, 9.17) is 10.5 Å². The summed E-state index contributed by atoms with van der Waals surface area (Å²) < 4.78 is 0. The van der Waals surface area contributed by atoms with Crippen LogP contribution >= 0.6 is 0 Å². The van der Waals surface area contributed by atoms with E-state index in [1.165, 1.54) is 32.1 Å². The molecule has 0 aromatic heterocycles. The minimum absolute atomic E-state index is 0.596. The first-order valence-corrected chi connectivity index (χ1v) is 7.50. The zero-order valence-electron chi connectivity index (χ0n) is 11.7. The Morgan fingerprint density at radius 1 is 0.737 bits per heavy atom. The molecular formula is C15H24N4. The van der Waals surface area contributed by atoms with Gasteiger partial charge >= 0.3 is 0 Å². The largest absolute Gasteiger partial charge is 0.291 e. The number of hydrogen-bond donors (Lipinski definition) is 0. The Morgan fingerprint density at radius 2 is 1.11 bits per heavy atom. The van der Waals surface area contributed by atoms with Gasteiger partial charge in [0, 0.05) is 0 Å². The molecule has 0 bridgehead atoms.